The number of carbonyl (C=O) groups excluding carboxylic acids is 1. The predicted octanol–water partition coefficient (Wildman–Crippen LogP) is 0.00250. The fraction of sp³-hybridized carbons (Fsp3) is 0.889. The Morgan fingerprint density at radius 3 is 2.85 bits per heavy atom. The molecule has 1 unspecified atom stereocenters. The Kier molecular flexibility index (Phi) is 7.63. The Hall–Kier alpha value is -0.610. The molecule has 0 saturated carbocycles. The van der Waals surface area contributed by atoms with Gasteiger partial charge in [-0.05, 0) is 25.8 Å². The van der Waals surface area contributed by atoms with Gasteiger partial charge in [0.1, 0.15) is 0 Å². The quantitative estimate of drug-likeness (QED) is 0.526. The van der Waals surface area contributed by atoms with Gasteiger partial charge >= 0.3 is 0 Å². The van der Waals surface area contributed by atoms with Crippen molar-refractivity contribution in [1.29, 1.82) is 0 Å². The summed E-state index contributed by atoms with van der Waals surface area (Å²) in [6, 6.07) is 0. The lowest BCUT2D eigenvalue weighted by Gasteiger charge is -2.08. The average Bonchev–Trinajstić information content (AvgIpc) is 2.14. The predicted molar refractivity (Wildman–Crippen MR) is 52.2 cm³/mol. The normalized spacial score (nSPS) is 12.5. The zero-order valence-corrected chi connectivity index (χ0v) is 8.25. The van der Waals surface area contributed by atoms with Crippen LogP contribution in [0.3, 0.4) is 0 Å². The summed E-state index contributed by atoms with van der Waals surface area (Å²) in [6.45, 7) is 3.02. The maximum atomic E-state index is 11.0. The summed E-state index contributed by atoms with van der Waals surface area (Å²) in [5, 5.41) is 11.9. The molecule has 0 bridgehead atoms. The van der Waals surface area contributed by atoms with Crippen LogP contribution < -0.4 is 11.1 Å². The van der Waals surface area contributed by atoms with Crippen molar-refractivity contribution in [2.75, 3.05) is 13.1 Å². The van der Waals surface area contributed by atoms with Crippen LogP contribution in [-0.4, -0.2) is 30.2 Å². The molecule has 1 amide bonds. The molecule has 0 aliphatic rings. The molecule has 0 fully saturated rings. The van der Waals surface area contributed by atoms with Gasteiger partial charge in [-0.2, -0.15) is 0 Å². The molecule has 4 N–H and O–H groups in total. The first-order valence-corrected chi connectivity index (χ1v) is 4.85. The highest BCUT2D eigenvalue weighted by molar-refractivity contribution is 5.75. The molecule has 0 aromatic rings. The van der Waals surface area contributed by atoms with Gasteiger partial charge in [-0.3, -0.25) is 4.79 Å². The highest BCUT2D eigenvalue weighted by Crippen LogP contribution is 1.94. The van der Waals surface area contributed by atoms with E-state index < -0.39 is 0 Å². The maximum Gasteiger partial charge on any atom is 0.220 e. The molecule has 0 aromatic heterocycles. The van der Waals surface area contributed by atoms with Gasteiger partial charge in [-0.15, -0.1) is 0 Å². The number of nitrogens with one attached hydrogen (secondary N) is 1. The number of aliphatic hydroxyl groups is 1. The van der Waals surface area contributed by atoms with E-state index in [1.54, 1.807) is 0 Å². The molecule has 0 heterocycles. The number of aliphatic hydroxyl groups excluding tert-OH is 1. The summed E-state index contributed by atoms with van der Waals surface area (Å²) < 4.78 is 0. The molecule has 1 atom stereocenters. The fourth-order valence-electron chi connectivity index (χ4n) is 0.933. The number of amides is 1. The Morgan fingerprint density at radius 1 is 1.62 bits per heavy atom. The first-order chi connectivity index (χ1) is 6.20. The molecule has 0 radical (unpaired) electrons. The van der Waals surface area contributed by atoms with Crippen LogP contribution >= 0.6 is 0 Å². The Labute approximate surface area is 79.5 Å². The van der Waals surface area contributed by atoms with E-state index in [1.165, 1.54) is 0 Å². The van der Waals surface area contributed by atoms with E-state index in [0.29, 0.717) is 25.9 Å². The largest absolute Gasteiger partial charge is 0.393 e. The van der Waals surface area contributed by atoms with E-state index in [-0.39, 0.29) is 12.0 Å². The third-order valence-corrected chi connectivity index (χ3v) is 1.88. The second-order valence-corrected chi connectivity index (χ2v) is 3.09. The number of rotatable bonds is 7. The molecule has 0 aromatic carbocycles. The van der Waals surface area contributed by atoms with Crippen molar-refractivity contribution in [3.05, 3.63) is 0 Å². The van der Waals surface area contributed by atoms with Crippen LogP contribution in [-0.2, 0) is 4.79 Å². The minimum absolute atomic E-state index is 0.0220. The number of nitrogens with two attached hydrogens (primary N) is 1. The number of carbonyl (C=O) groups is 1. The summed E-state index contributed by atoms with van der Waals surface area (Å²) in [4.78, 5) is 11.0. The smallest absolute Gasteiger partial charge is 0.220 e. The van der Waals surface area contributed by atoms with E-state index in [4.69, 9.17) is 5.73 Å². The molecule has 4 heteroatoms. The molecule has 0 aliphatic carbocycles. The van der Waals surface area contributed by atoms with Crippen LogP contribution in [0.25, 0.3) is 0 Å². The average molecular weight is 188 g/mol. The van der Waals surface area contributed by atoms with E-state index in [9.17, 15) is 9.90 Å². The second kappa shape index (κ2) is 8.01. The van der Waals surface area contributed by atoms with Gasteiger partial charge in [0.05, 0.1) is 6.10 Å². The summed E-state index contributed by atoms with van der Waals surface area (Å²) in [6.07, 6.45) is 2.28. The summed E-state index contributed by atoms with van der Waals surface area (Å²) >= 11 is 0. The van der Waals surface area contributed by atoms with Gasteiger partial charge in [-0.25, -0.2) is 0 Å². The van der Waals surface area contributed by atoms with E-state index in [1.807, 2.05) is 6.92 Å². The van der Waals surface area contributed by atoms with Crippen molar-refractivity contribution < 1.29 is 9.90 Å². The topological polar surface area (TPSA) is 75.3 Å². The molecule has 4 nitrogen and oxygen atoms in total. The molecule has 0 spiro atoms. The minimum Gasteiger partial charge on any atom is -0.393 e. The second-order valence-electron chi connectivity index (χ2n) is 3.09. The van der Waals surface area contributed by atoms with Crippen molar-refractivity contribution in [3.63, 3.8) is 0 Å². The SMILES string of the molecule is CCC(O)CCNC(=O)CCCN. The van der Waals surface area contributed by atoms with Crippen LogP contribution in [0.15, 0.2) is 0 Å². The fourth-order valence-corrected chi connectivity index (χ4v) is 0.933. The monoisotopic (exact) mass is 188 g/mol. The summed E-state index contributed by atoms with van der Waals surface area (Å²) in [5.74, 6) is 0.0220. The van der Waals surface area contributed by atoms with Crippen molar-refractivity contribution in [3.8, 4) is 0 Å². The minimum atomic E-state index is -0.296. The lowest BCUT2D eigenvalue weighted by atomic mass is 10.2. The van der Waals surface area contributed by atoms with Crippen molar-refractivity contribution in [2.24, 2.45) is 5.73 Å². The van der Waals surface area contributed by atoms with Gasteiger partial charge in [0.25, 0.3) is 0 Å². The summed E-state index contributed by atoms with van der Waals surface area (Å²) in [7, 11) is 0. The van der Waals surface area contributed by atoms with Gasteiger partial charge in [0.2, 0.25) is 5.91 Å². The Morgan fingerprint density at radius 2 is 2.31 bits per heavy atom. The summed E-state index contributed by atoms with van der Waals surface area (Å²) in [5.41, 5.74) is 5.26. The number of hydrogen-bond donors (Lipinski definition) is 3. The van der Waals surface area contributed by atoms with Crippen LogP contribution in [0.4, 0.5) is 0 Å². The van der Waals surface area contributed by atoms with E-state index in [0.717, 1.165) is 12.8 Å². The zero-order chi connectivity index (χ0) is 10.1. The lowest BCUT2D eigenvalue weighted by molar-refractivity contribution is -0.121. The van der Waals surface area contributed by atoms with Crippen LogP contribution in [0.5, 0.6) is 0 Å². The maximum absolute atomic E-state index is 11.0. The first kappa shape index (κ1) is 12.4. The van der Waals surface area contributed by atoms with Gasteiger partial charge < -0.3 is 16.2 Å². The standard InChI is InChI=1S/C9H20N2O2/c1-2-8(12)5-7-11-9(13)4-3-6-10/h8,12H,2-7,10H2,1H3,(H,11,13). The highest BCUT2D eigenvalue weighted by Gasteiger charge is 2.02. The van der Waals surface area contributed by atoms with Crippen molar-refractivity contribution >= 4 is 5.91 Å². The lowest BCUT2D eigenvalue weighted by Crippen LogP contribution is -2.27. The molecule has 78 valence electrons. The van der Waals surface area contributed by atoms with E-state index >= 15 is 0 Å². The van der Waals surface area contributed by atoms with Gasteiger partial charge in [-0.1, -0.05) is 6.92 Å². The Balaban J connectivity index is 3.26. The molecule has 13 heavy (non-hydrogen) atoms. The third-order valence-electron chi connectivity index (χ3n) is 1.88. The Bertz CT molecular complexity index is 140. The van der Waals surface area contributed by atoms with Crippen molar-refractivity contribution in [1.82, 2.24) is 5.32 Å². The molecule has 0 rings (SSSR count). The van der Waals surface area contributed by atoms with Crippen molar-refractivity contribution in [2.45, 2.75) is 38.7 Å². The van der Waals surface area contributed by atoms with Crippen LogP contribution in [0.1, 0.15) is 32.6 Å². The molecular weight excluding hydrogens is 168 g/mol. The van der Waals surface area contributed by atoms with Gasteiger partial charge in [0, 0.05) is 13.0 Å². The van der Waals surface area contributed by atoms with E-state index in [2.05, 4.69) is 5.32 Å². The number of hydrogen-bond acceptors (Lipinski definition) is 3. The zero-order valence-electron chi connectivity index (χ0n) is 8.25. The molecule has 0 aliphatic heterocycles. The first-order valence-electron chi connectivity index (χ1n) is 4.85. The molecule has 0 saturated heterocycles. The third kappa shape index (κ3) is 7.74. The molecular formula is C9H20N2O2. The van der Waals surface area contributed by atoms with Crippen LogP contribution in [0.2, 0.25) is 0 Å². The van der Waals surface area contributed by atoms with Gasteiger partial charge in [0.15, 0.2) is 0 Å². The highest BCUT2D eigenvalue weighted by atomic mass is 16.3. The van der Waals surface area contributed by atoms with Crippen LogP contribution in [0, 0.1) is 0 Å².